The van der Waals surface area contributed by atoms with Crippen LogP contribution in [0.4, 0.5) is 0 Å². The van der Waals surface area contributed by atoms with Crippen molar-refractivity contribution in [3.63, 3.8) is 0 Å². The van der Waals surface area contributed by atoms with Gasteiger partial charge in [0.2, 0.25) is 11.8 Å². The summed E-state index contributed by atoms with van der Waals surface area (Å²) in [7, 11) is 0. The first kappa shape index (κ1) is 29.4. The van der Waals surface area contributed by atoms with Crippen LogP contribution in [0.5, 0.6) is 0 Å². The molecule has 0 bridgehead atoms. The van der Waals surface area contributed by atoms with Crippen LogP contribution in [0.1, 0.15) is 50.3 Å². The summed E-state index contributed by atoms with van der Waals surface area (Å²) in [6.45, 7) is 2.96. The predicted octanol–water partition coefficient (Wildman–Crippen LogP) is 4.05. The number of carbonyl (C=O) groups is 4. The van der Waals surface area contributed by atoms with Crippen LogP contribution < -0.4 is 10.9 Å². The minimum atomic E-state index is -0.225. The molecule has 1 radical (unpaired) electrons. The summed E-state index contributed by atoms with van der Waals surface area (Å²) in [5.41, 5.74) is 8.72. The van der Waals surface area contributed by atoms with Gasteiger partial charge in [-0.05, 0) is 48.6 Å². The molecule has 2 aromatic rings. The van der Waals surface area contributed by atoms with Crippen molar-refractivity contribution in [3.8, 4) is 0 Å². The molecule has 0 saturated carbocycles. The summed E-state index contributed by atoms with van der Waals surface area (Å²) in [4.78, 5) is 47.3. The summed E-state index contributed by atoms with van der Waals surface area (Å²) < 4.78 is 10.8. The fraction of sp³-hybridized carbons (Fsp3) is 0.200. The Morgan fingerprint density at radius 3 is 1.41 bits per heavy atom. The van der Waals surface area contributed by atoms with Gasteiger partial charge in [0, 0.05) is 66.3 Å². The van der Waals surface area contributed by atoms with Gasteiger partial charge in [-0.3, -0.25) is 30.0 Å². The molecule has 211 valence electrons. The van der Waals surface area contributed by atoms with Gasteiger partial charge in [0.15, 0.2) is 11.6 Å². The SMILES string of the molecule is CC(=O)N1N/C(=C2/C=CC=CC2=O)CC1c1ccco1.CC(=O)N1N/C(=C2/C=CC=CC2=O)CC1c1ccco1.[Mn]. The Labute approximate surface area is 247 Å². The smallest absolute Gasteiger partial charge is 0.238 e. The third-order valence-electron chi connectivity index (χ3n) is 6.78. The van der Waals surface area contributed by atoms with Crippen LogP contribution in [0.2, 0.25) is 0 Å². The van der Waals surface area contributed by atoms with Gasteiger partial charge in [0.1, 0.15) is 23.6 Å². The number of ketones is 2. The summed E-state index contributed by atoms with van der Waals surface area (Å²) in [6, 6.07) is 6.78. The van der Waals surface area contributed by atoms with Crippen molar-refractivity contribution in [1.82, 2.24) is 20.9 Å². The Kier molecular flexibility index (Phi) is 9.11. The van der Waals surface area contributed by atoms with Gasteiger partial charge in [-0.2, -0.15) is 0 Å². The summed E-state index contributed by atoms with van der Waals surface area (Å²) in [5.74, 6) is 1.05. The number of rotatable bonds is 2. The average molecular weight is 596 g/mol. The molecule has 10 nitrogen and oxygen atoms in total. The number of nitrogens with one attached hydrogen (secondary N) is 2. The maximum absolute atomic E-state index is 11.9. The Morgan fingerprint density at radius 1 is 0.707 bits per heavy atom. The normalized spacial score (nSPS) is 24.5. The fourth-order valence-electron chi connectivity index (χ4n) is 4.89. The van der Waals surface area contributed by atoms with Crippen molar-refractivity contribution in [1.29, 1.82) is 0 Å². The number of hydrogen-bond acceptors (Lipinski definition) is 8. The Morgan fingerprint density at radius 2 is 1.10 bits per heavy atom. The van der Waals surface area contributed by atoms with Crippen LogP contribution in [0.15, 0.2) is 117 Å². The number of hydrazine groups is 2. The predicted molar refractivity (Wildman–Crippen MR) is 144 cm³/mol. The average Bonchev–Trinajstić information content (AvgIpc) is 3.74. The molecule has 2 aromatic heterocycles. The van der Waals surface area contributed by atoms with E-state index in [1.807, 2.05) is 24.3 Å². The van der Waals surface area contributed by atoms with Crippen LogP contribution in [0, 0.1) is 0 Å². The standard InChI is InChI=1S/2C15H14N2O3.Mn/c2*1-10(18)17-13(15-7-4-8-20-15)9-12(16-17)11-5-2-3-6-14(11)19;/h2*2-8,13,16H,9H2,1H3;/b2*12-11-;. The molecule has 2 amide bonds. The van der Waals surface area contributed by atoms with E-state index >= 15 is 0 Å². The van der Waals surface area contributed by atoms with Gasteiger partial charge in [-0.25, -0.2) is 10.0 Å². The van der Waals surface area contributed by atoms with Crippen LogP contribution in [-0.4, -0.2) is 33.4 Å². The summed E-state index contributed by atoms with van der Waals surface area (Å²) in [5, 5.41) is 3.00. The van der Waals surface area contributed by atoms with Crippen molar-refractivity contribution in [2.75, 3.05) is 0 Å². The second-order valence-electron chi connectivity index (χ2n) is 9.42. The molecule has 11 heteroatoms. The van der Waals surface area contributed by atoms with Crippen molar-refractivity contribution in [3.05, 3.63) is 119 Å². The molecule has 2 atom stereocenters. The van der Waals surface area contributed by atoms with E-state index in [0.29, 0.717) is 35.5 Å². The molecule has 2 aliphatic heterocycles. The van der Waals surface area contributed by atoms with E-state index in [4.69, 9.17) is 8.83 Å². The van der Waals surface area contributed by atoms with Gasteiger partial charge in [0.05, 0.1) is 12.5 Å². The Hall–Kier alpha value is -4.60. The van der Waals surface area contributed by atoms with Crippen molar-refractivity contribution >= 4 is 23.4 Å². The molecule has 2 fully saturated rings. The van der Waals surface area contributed by atoms with E-state index in [-0.39, 0.29) is 52.5 Å². The van der Waals surface area contributed by atoms with E-state index in [0.717, 1.165) is 11.4 Å². The van der Waals surface area contributed by atoms with Crippen molar-refractivity contribution < 1.29 is 45.1 Å². The molecule has 2 saturated heterocycles. The van der Waals surface area contributed by atoms with Crippen LogP contribution in [0.25, 0.3) is 0 Å². The maximum Gasteiger partial charge on any atom is 0.238 e. The first-order chi connectivity index (χ1) is 19.3. The molecule has 0 spiro atoms. The number of furan rings is 2. The van der Waals surface area contributed by atoms with Crippen LogP contribution in [-0.2, 0) is 36.2 Å². The quantitative estimate of drug-likeness (QED) is 0.394. The van der Waals surface area contributed by atoms with Crippen LogP contribution in [0.3, 0.4) is 0 Å². The molecule has 41 heavy (non-hydrogen) atoms. The molecule has 2 aliphatic carbocycles. The third-order valence-corrected chi connectivity index (χ3v) is 6.78. The summed E-state index contributed by atoms with van der Waals surface area (Å²) in [6.07, 6.45) is 17.8. The first-order valence-corrected chi connectivity index (χ1v) is 12.8. The largest absolute Gasteiger partial charge is 0.467 e. The zero-order valence-corrected chi connectivity index (χ0v) is 23.6. The second-order valence-corrected chi connectivity index (χ2v) is 9.42. The number of carbonyl (C=O) groups excluding carboxylic acids is 4. The third kappa shape index (κ3) is 6.26. The maximum atomic E-state index is 11.9. The van der Waals surface area contributed by atoms with Crippen molar-refractivity contribution in [2.24, 2.45) is 0 Å². The Balaban J connectivity index is 0.000000184. The summed E-state index contributed by atoms with van der Waals surface area (Å²) >= 11 is 0. The second kappa shape index (κ2) is 12.7. The van der Waals surface area contributed by atoms with Gasteiger partial charge >= 0.3 is 0 Å². The zero-order valence-electron chi connectivity index (χ0n) is 22.4. The Bertz CT molecular complexity index is 1400. The van der Waals surface area contributed by atoms with Gasteiger partial charge < -0.3 is 8.83 Å². The number of amides is 2. The van der Waals surface area contributed by atoms with Crippen molar-refractivity contribution in [2.45, 2.75) is 38.8 Å². The van der Waals surface area contributed by atoms with E-state index in [1.54, 1.807) is 49.0 Å². The molecule has 2 N–H and O–H groups in total. The molecule has 0 aromatic carbocycles. The van der Waals surface area contributed by atoms with E-state index in [1.165, 1.54) is 36.0 Å². The van der Waals surface area contributed by atoms with E-state index in [2.05, 4.69) is 10.9 Å². The minimum absolute atomic E-state index is 0. The fourth-order valence-corrected chi connectivity index (χ4v) is 4.89. The van der Waals surface area contributed by atoms with E-state index in [9.17, 15) is 19.2 Å². The number of nitrogens with zero attached hydrogens (tertiary/aromatic N) is 2. The molecular formula is C30H28MnN4O6. The molecule has 4 heterocycles. The molecule has 4 aliphatic rings. The first-order valence-electron chi connectivity index (χ1n) is 12.8. The minimum Gasteiger partial charge on any atom is -0.467 e. The topological polar surface area (TPSA) is 125 Å². The molecular weight excluding hydrogens is 567 g/mol. The van der Waals surface area contributed by atoms with Crippen LogP contribution >= 0.6 is 0 Å². The van der Waals surface area contributed by atoms with E-state index < -0.39 is 0 Å². The van der Waals surface area contributed by atoms with Gasteiger partial charge in [-0.1, -0.05) is 24.3 Å². The molecule has 2 unspecified atom stereocenters. The zero-order chi connectivity index (χ0) is 28.2. The van der Waals surface area contributed by atoms with Gasteiger partial charge in [0.25, 0.3) is 0 Å². The monoisotopic (exact) mass is 595 g/mol. The molecule has 6 rings (SSSR count). The van der Waals surface area contributed by atoms with Gasteiger partial charge in [-0.15, -0.1) is 0 Å². The number of hydrogen-bond donors (Lipinski definition) is 2. The number of allylic oxidation sites excluding steroid dienone is 10.